The fraction of sp³-hybridized carbons (Fsp3) is 0.0526. The van der Waals surface area contributed by atoms with Gasteiger partial charge in [0.1, 0.15) is 24.3 Å². The normalized spacial score (nSPS) is 11.1. The van der Waals surface area contributed by atoms with Crippen LogP contribution >= 0.6 is 45.2 Å². The van der Waals surface area contributed by atoms with Crippen LogP contribution in [0, 0.1) is 30.8 Å². The summed E-state index contributed by atoms with van der Waals surface area (Å²) in [5.74, 6) is 3.78. The molecule has 0 unspecified atom stereocenters. The van der Waals surface area contributed by atoms with Crippen LogP contribution in [-0.2, 0) is 0 Å². The number of nitrogens with one attached hydrogen (secondary N) is 1. The van der Waals surface area contributed by atoms with Crippen LogP contribution in [0.25, 0.3) is 22.7 Å². The van der Waals surface area contributed by atoms with Gasteiger partial charge in [0.15, 0.2) is 0 Å². The average Bonchev–Trinajstić information content (AvgIpc) is 3.03. The zero-order valence-electron chi connectivity index (χ0n) is 12.9. The summed E-state index contributed by atoms with van der Waals surface area (Å²) in [4.78, 5) is 7.67. The molecule has 0 spiro atoms. The lowest BCUT2D eigenvalue weighted by atomic mass is 10.1. The van der Waals surface area contributed by atoms with Gasteiger partial charge in [0.2, 0.25) is 0 Å². The van der Waals surface area contributed by atoms with Crippen LogP contribution in [0.1, 0.15) is 11.4 Å². The Morgan fingerprint density at radius 3 is 2.64 bits per heavy atom. The molecule has 1 heterocycles. The first-order valence-electron chi connectivity index (χ1n) is 7.24. The third kappa shape index (κ3) is 3.97. The van der Waals surface area contributed by atoms with Crippen molar-refractivity contribution in [3.05, 3.63) is 54.9 Å². The maximum absolute atomic E-state index is 9.55. The van der Waals surface area contributed by atoms with Crippen molar-refractivity contribution in [3.63, 3.8) is 0 Å². The fourth-order valence-electron chi connectivity index (χ4n) is 2.32. The maximum atomic E-state index is 9.55. The number of ether oxygens (including phenoxy) is 1. The van der Waals surface area contributed by atoms with Gasteiger partial charge in [0, 0.05) is 0 Å². The van der Waals surface area contributed by atoms with Crippen molar-refractivity contribution < 1.29 is 4.74 Å². The Balaban J connectivity index is 2.00. The summed E-state index contributed by atoms with van der Waals surface area (Å²) in [6, 6.07) is 13.8. The molecule has 0 bridgehead atoms. The molecule has 0 aliphatic carbocycles. The molecule has 0 aliphatic heterocycles. The Bertz CT molecular complexity index is 998. The summed E-state index contributed by atoms with van der Waals surface area (Å²) >= 11 is 4.40. The summed E-state index contributed by atoms with van der Waals surface area (Å²) in [7, 11) is 0. The summed E-state index contributed by atoms with van der Waals surface area (Å²) in [5.41, 5.74) is 3.11. The van der Waals surface area contributed by atoms with Gasteiger partial charge in [-0.2, -0.15) is 5.26 Å². The lowest BCUT2D eigenvalue weighted by Gasteiger charge is -2.09. The maximum Gasteiger partial charge on any atom is 0.149 e. The van der Waals surface area contributed by atoms with Crippen molar-refractivity contribution in [1.29, 1.82) is 5.26 Å². The van der Waals surface area contributed by atoms with Gasteiger partial charge in [-0.1, -0.05) is 18.1 Å². The molecule has 25 heavy (non-hydrogen) atoms. The van der Waals surface area contributed by atoms with Crippen molar-refractivity contribution in [2.45, 2.75) is 0 Å². The molecule has 1 N–H and O–H groups in total. The van der Waals surface area contributed by atoms with Gasteiger partial charge in [-0.15, -0.1) is 6.42 Å². The number of aromatic nitrogens is 2. The number of halogens is 2. The second-order valence-electron chi connectivity index (χ2n) is 5.08. The van der Waals surface area contributed by atoms with Gasteiger partial charge < -0.3 is 9.72 Å². The number of imidazole rings is 1. The molecular formula is C19H11I2N3O. The highest BCUT2D eigenvalue weighted by atomic mass is 127. The van der Waals surface area contributed by atoms with Crippen molar-refractivity contribution in [1.82, 2.24) is 9.97 Å². The summed E-state index contributed by atoms with van der Waals surface area (Å²) in [6.45, 7) is 0.226. The third-order valence-electron chi connectivity index (χ3n) is 3.40. The third-order valence-corrected chi connectivity index (χ3v) is 5.00. The highest BCUT2D eigenvalue weighted by molar-refractivity contribution is 14.1. The highest BCUT2D eigenvalue weighted by Crippen LogP contribution is 2.30. The van der Waals surface area contributed by atoms with Crippen LogP contribution in [0.5, 0.6) is 5.75 Å². The Kier molecular flexibility index (Phi) is 5.61. The predicted molar refractivity (Wildman–Crippen MR) is 116 cm³/mol. The lowest BCUT2D eigenvalue weighted by molar-refractivity contribution is 0.365. The topological polar surface area (TPSA) is 61.7 Å². The SMILES string of the molecule is C#CCOc1c(I)cc(C=C(C#N)c2nc3ccccc3[nH]2)cc1I. The van der Waals surface area contributed by atoms with E-state index < -0.39 is 0 Å². The second kappa shape index (κ2) is 7.89. The van der Waals surface area contributed by atoms with Crippen LogP contribution in [0.3, 0.4) is 0 Å². The van der Waals surface area contributed by atoms with E-state index >= 15 is 0 Å². The number of H-pyrrole nitrogens is 1. The van der Waals surface area contributed by atoms with Crippen LogP contribution in [-0.4, -0.2) is 16.6 Å². The van der Waals surface area contributed by atoms with Crippen molar-refractivity contribution in [2.24, 2.45) is 0 Å². The smallest absolute Gasteiger partial charge is 0.149 e. The van der Waals surface area contributed by atoms with Crippen LogP contribution in [0.15, 0.2) is 36.4 Å². The summed E-state index contributed by atoms with van der Waals surface area (Å²) < 4.78 is 7.45. The molecule has 0 fully saturated rings. The van der Waals surface area contributed by atoms with Crippen molar-refractivity contribution in [3.8, 4) is 24.2 Å². The Morgan fingerprint density at radius 1 is 1.28 bits per heavy atom. The number of nitrogens with zero attached hydrogens (tertiary/aromatic N) is 2. The van der Waals surface area contributed by atoms with E-state index in [1.807, 2.05) is 42.5 Å². The number of hydrogen-bond donors (Lipinski definition) is 1. The second-order valence-corrected chi connectivity index (χ2v) is 7.40. The Labute approximate surface area is 172 Å². The minimum atomic E-state index is 0.226. The van der Waals surface area contributed by atoms with Crippen LogP contribution in [0.4, 0.5) is 0 Å². The number of terminal acetylenes is 1. The monoisotopic (exact) mass is 551 g/mol. The number of allylic oxidation sites excluding steroid dienone is 1. The van der Waals surface area contributed by atoms with Crippen molar-refractivity contribution >= 4 is 67.9 Å². The first-order valence-corrected chi connectivity index (χ1v) is 9.40. The van der Waals surface area contributed by atoms with E-state index in [0.717, 1.165) is 29.5 Å². The number of rotatable bonds is 4. The molecule has 1 aromatic heterocycles. The van der Waals surface area contributed by atoms with Gasteiger partial charge in [-0.05, 0) is 81.1 Å². The number of fused-ring (bicyclic) bond motifs is 1. The molecule has 6 heteroatoms. The molecule has 0 radical (unpaired) electrons. The fourth-order valence-corrected chi connectivity index (χ4v) is 4.44. The molecular weight excluding hydrogens is 540 g/mol. The van der Waals surface area contributed by atoms with E-state index in [2.05, 4.69) is 67.1 Å². The van der Waals surface area contributed by atoms with Crippen LogP contribution < -0.4 is 4.74 Å². The molecule has 3 rings (SSSR count). The first kappa shape index (κ1) is 17.8. The van der Waals surface area contributed by atoms with Crippen LogP contribution in [0.2, 0.25) is 0 Å². The molecule has 0 amide bonds. The molecule has 122 valence electrons. The zero-order valence-corrected chi connectivity index (χ0v) is 17.2. The predicted octanol–water partition coefficient (Wildman–Crippen LogP) is 4.85. The molecule has 0 saturated heterocycles. The molecule has 4 nitrogen and oxygen atoms in total. The largest absolute Gasteiger partial charge is 0.479 e. The number of benzene rings is 2. The summed E-state index contributed by atoms with van der Waals surface area (Å²) in [5, 5.41) is 9.55. The minimum absolute atomic E-state index is 0.226. The molecule has 0 saturated carbocycles. The highest BCUT2D eigenvalue weighted by Gasteiger charge is 2.11. The van der Waals surface area contributed by atoms with E-state index in [1.54, 1.807) is 0 Å². The molecule has 0 atom stereocenters. The summed E-state index contributed by atoms with van der Waals surface area (Å²) in [6.07, 6.45) is 7.06. The average molecular weight is 551 g/mol. The number of hydrogen-bond acceptors (Lipinski definition) is 3. The first-order chi connectivity index (χ1) is 12.1. The molecule has 0 aliphatic rings. The number of para-hydroxylation sites is 2. The minimum Gasteiger partial charge on any atom is -0.479 e. The lowest BCUT2D eigenvalue weighted by Crippen LogP contribution is -1.98. The zero-order chi connectivity index (χ0) is 17.8. The quantitative estimate of drug-likeness (QED) is 0.287. The Hall–Kier alpha value is -2.04. The van der Waals surface area contributed by atoms with Gasteiger partial charge in [0.05, 0.1) is 23.7 Å². The number of nitriles is 1. The van der Waals surface area contributed by atoms with Gasteiger partial charge in [-0.25, -0.2) is 4.98 Å². The van der Waals surface area contributed by atoms with E-state index in [1.165, 1.54) is 0 Å². The van der Waals surface area contributed by atoms with Crippen molar-refractivity contribution in [2.75, 3.05) is 6.61 Å². The number of aromatic amines is 1. The van der Waals surface area contributed by atoms with Gasteiger partial charge >= 0.3 is 0 Å². The van der Waals surface area contributed by atoms with E-state index in [-0.39, 0.29) is 6.61 Å². The van der Waals surface area contributed by atoms with Gasteiger partial charge in [0.25, 0.3) is 0 Å². The molecule has 3 aromatic rings. The van der Waals surface area contributed by atoms with E-state index in [4.69, 9.17) is 11.2 Å². The van der Waals surface area contributed by atoms with Gasteiger partial charge in [-0.3, -0.25) is 0 Å². The standard InChI is InChI=1S/C19H11I2N3O/c1-2-7-25-18-14(20)9-12(10-15(18)21)8-13(11-22)19-23-16-5-3-4-6-17(16)24-19/h1,3-6,8-10H,7H2,(H,23,24). The molecule has 2 aromatic carbocycles. The van der Waals surface area contributed by atoms with E-state index in [0.29, 0.717) is 11.4 Å². The Morgan fingerprint density at radius 2 is 2.00 bits per heavy atom. The van der Waals surface area contributed by atoms with E-state index in [9.17, 15) is 5.26 Å².